The van der Waals surface area contributed by atoms with Gasteiger partial charge in [0.15, 0.2) is 0 Å². The summed E-state index contributed by atoms with van der Waals surface area (Å²) in [6, 6.07) is 4.71. The lowest BCUT2D eigenvalue weighted by Gasteiger charge is -2.32. The van der Waals surface area contributed by atoms with Crippen LogP contribution in [0, 0.1) is 5.92 Å². The first-order valence-corrected chi connectivity index (χ1v) is 6.66. The molecule has 0 spiro atoms. The van der Waals surface area contributed by atoms with Crippen LogP contribution in [0.2, 0.25) is 0 Å². The summed E-state index contributed by atoms with van der Waals surface area (Å²) < 4.78 is 5.36. The average molecular weight is 258 g/mol. The molecule has 0 radical (unpaired) electrons. The summed E-state index contributed by atoms with van der Waals surface area (Å²) in [5.74, 6) is 1.94. The fraction of sp³-hybridized carbons (Fsp3) is 0.714. The van der Waals surface area contributed by atoms with Crippen molar-refractivity contribution < 1.29 is 4.42 Å². The molecule has 3 heteroatoms. The molecule has 0 saturated heterocycles. The van der Waals surface area contributed by atoms with Gasteiger partial charge in [0.1, 0.15) is 5.76 Å². The Labute approximate surface area is 111 Å². The van der Waals surface area contributed by atoms with Crippen LogP contribution < -0.4 is 5.32 Å². The maximum Gasteiger partial charge on any atom is 0.117 e. The average Bonchev–Trinajstić information content (AvgIpc) is 2.81. The van der Waals surface area contributed by atoms with Crippen LogP contribution in [0.4, 0.5) is 0 Å². The van der Waals surface area contributed by atoms with Crippen molar-refractivity contribution in [1.82, 2.24) is 5.32 Å². The van der Waals surface area contributed by atoms with Crippen LogP contribution in [-0.2, 0) is 6.54 Å². The highest BCUT2D eigenvalue weighted by Crippen LogP contribution is 2.28. The lowest BCUT2D eigenvalue weighted by Crippen LogP contribution is -2.38. The van der Waals surface area contributed by atoms with Gasteiger partial charge in [0.2, 0.25) is 0 Å². The Morgan fingerprint density at radius 2 is 2.18 bits per heavy atom. The van der Waals surface area contributed by atoms with E-state index in [1.165, 1.54) is 38.5 Å². The summed E-state index contributed by atoms with van der Waals surface area (Å²) in [5, 5.41) is 3.67. The summed E-state index contributed by atoms with van der Waals surface area (Å²) in [6.45, 7) is 3.18. The molecule has 1 aliphatic rings. The molecule has 2 nitrogen and oxygen atoms in total. The van der Waals surface area contributed by atoms with E-state index in [-0.39, 0.29) is 12.4 Å². The Bertz CT molecular complexity index is 284. The molecule has 1 aromatic heterocycles. The zero-order valence-corrected chi connectivity index (χ0v) is 11.5. The van der Waals surface area contributed by atoms with E-state index < -0.39 is 0 Å². The van der Waals surface area contributed by atoms with Crippen molar-refractivity contribution in [2.45, 2.75) is 58.0 Å². The summed E-state index contributed by atoms with van der Waals surface area (Å²) in [7, 11) is 0. The monoisotopic (exact) mass is 257 g/mol. The SMILES string of the molecule is CCCC1CCCCC1NCc1ccco1.Cl. The molecular weight excluding hydrogens is 234 g/mol. The smallest absolute Gasteiger partial charge is 0.117 e. The summed E-state index contributed by atoms with van der Waals surface area (Å²) in [4.78, 5) is 0. The molecule has 2 rings (SSSR count). The summed E-state index contributed by atoms with van der Waals surface area (Å²) >= 11 is 0. The van der Waals surface area contributed by atoms with Gasteiger partial charge in [0.25, 0.3) is 0 Å². The molecule has 1 N–H and O–H groups in total. The quantitative estimate of drug-likeness (QED) is 0.857. The Kier molecular flexibility index (Phi) is 6.68. The predicted molar refractivity (Wildman–Crippen MR) is 73.4 cm³/mol. The Morgan fingerprint density at radius 3 is 2.88 bits per heavy atom. The van der Waals surface area contributed by atoms with Crippen LogP contribution in [0.25, 0.3) is 0 Å². The van der Waals surface area contributed by atoms with Gasteiger partial charge in [-0.2, -0.15) is 0 Å². The Hall–Kier alpha value is -0.470. The van der Waals surface area contributed by atoms with Gasteiger partial charge in [0, 0.05) is 6.04 Å². The standard InChI is InChI=1S/C14H23NO.ClH/c1-2-6-12-7-3-4-9-14(12)15-11-13-8-5-10-16-13;/h5,8,10,12,14-15H,2-4,6-7,9,11H2,1H3;1H. The fourth-order valence-corrected chi connectivity index (χ4v) is 2.84. The molecule has 0 bridgehead atoms. The second kappa shape index (κ2) is 7.78. The topological polar surface area (TPSA) is 25.2 Å². The predicted octanol–water partition coefficient (Wildman–Crippen LogP) is 4.15. The lowest BCUT2D eigenvalue weighted by atomic mass is 9.82. The number of nitrogens with one attached hydrogen (secondary N) is 1. The van der Waals surface area contributed by atoms with Gasteiger partial charge in [0.05, 0.1) is 12.8 Å². The van der Waals surface area contributed by atoms with E-state index in [4.69, 9.17) is 4.42 Å². The second-order valence-electron chi connectivity index (χ2n) is 4.90. The van der Waals surface area contributed by atoms with Crippen LogP contribution in [0.3, 0.4) is 0 Å². The van der Waals surface area contributed by atoms with E-state index >= 15 is 0 Å². The first-order valence-electron chi connectivity index (χ1n) is 6.66. The van der Waals surface area contributed by atoms with Crippen molar-refractivity contribution in [2.24, 2.45) is 5.92 Å². The zero-order valence-electron chi connectivity index (χ0n) is 10.7. The van der Waals surface area contributed by atoms with Crippen LogP contribution in [-0.4, -0.2) is 6.04 Å². The molecule has 2 unspecified atom stereocenters. The lowest BCUT2D eigenvalue weighted by molar-refractivity contribution is 0.241. The first kappa shape index (κ1) is 14.6. The Balaban J connectivity index is 0.00000144. The Morgan fingerprint density at radius 1 is 1.35 bits per heavy atom. The van der Waals surface area contributed by atoms with Gasteiger partial charge in [-0.1, -0.05) is 26.2 Å². The molecule has 1 aromatic rings. The molecule has 0 aliphatic heterocycles. The van der Waals surface area contributed by atoms with Crippen LogP contribution in [0.1, 0.15) is 51.2 Å². The van der Waals surface area contributed by atoms with Crippen molar-refractivity contribution in [3.05, 3.63) is 24.2 Å². The van der Waals surface area contributed by atoms with E-state index in [1.807, 2.05) is 12.1 Å². The number of hydrogen-bond donors (Lipinski definition) is 1. The van der Waals surface area contributed by atoms with Crippen molar-refractivity contribution in [3.8, 4) is 0 Å². The molecule has 17 heavy (non-hydrogen) atoms. The number of halogens is 1. The molecule has 1 fully saturated rings. The molecule has 1 heterocycles. The van der Waals surface area contributed by atoms with Gasteiger partial charge in [-0.3, -0.25) is 0 Å². The maximum absolute atomic E-state index is 5.36. The fourth-order valence-electron chi connectivity index (χ4n) is 2.84. The zero-order chi connectivity index (χ0) is 11.2. The van der Waals surface area contributed by atoms with E-state index in [9.17, 15) is 0 Å². The highest BCUT2D eigenvalue weighted by molar-refractivity contribution is 5.85. The minimum absolute atomic E-state index is 0. The van der Waals surface area contributed by atoms with Crippen LogP contribution >= 0.6 is 12.4 Å². The number of rotatable bonds is 5. The van der Waals surface area contributed by atoms with E-state index in [2.05, 4.69) is 12.2 Å². The summed E-state index contributed by atoms with van der Waals surface area (Å²) in [6.07, 6.45) is 9.98. The normalized spacial score (nSPS) is 24.3. The van der Waals surface area contributed by atoms with Crippen LogP contribution in [0.15, 0.2) is 22.8 Å². The van der Waals surface area contributed by atoms with E-state index in [0.717, 1.165) is 18.2 Å². The molecule has 1 saturated carbocycles. The molecule has 0 amide bonds. The van der Waals surface area contributed by atoms with Gasteiger partial charge < -0.3 is 9.73 Å². The highest BCUT2D eigenvalue weighted by Gasteiger charge is 2.23. The largest absolute Gasteiger partial charge is 0.468 e. The minimum atomic E-state index is 0. The van der Waals surface area contributed by atoms with Crippen molar-refractivity contribution in [1.29, 1.82) is 0 Å². The third-order valence-electron chi connectivity index (χ3n) is 3.69. The van der Waals surface area contributed by atoms with Gasteiger partial charge in [-0.05, 0) is 37.3 Å². The molecule has 0 aromatic carbocycles. The van der Waals surface area contributed by atoms with E-state index in [0.29, 0.717) is 6.04 Å². The van der Waals surface area contributed by atoms with Gasteiger partial charge in [-0.25, -0.2) is 0 Å². The van der Waals surface area contributed by atoms with Gasteiger partial charge >= 0.3 is 0 Å². The summed E-state index contributed by atoms with van der Waals surface area (Å²) in [5.41, 5.74) is 0. The van der Waals surface area contributed by atoms with Crippen molar-refractivity contribution in [3.63, 3.8) is 0 Å². The maximum atomic E-state index is 5.36. The molecular formula is C14H24ClNO. The number of furan rings is 1. The van der Waals surface area contributed by atoms with E-state index in [1.54, 1.807) is 6.26 Å². The highest BCUT2D eigenvalue weighted by atomic mass is 35.5. The second-order valence-corrected chi connectivity index (χ2v) is 4.90. The molecule has 2 atom stereocenters. The van der Waals surface area contributed by atoms with Crippen molar-refractivity contribution in [2.75, 3.05) is 0 Å². The van der Waals surface area contributed by atoms with Crippen LogP contribution in [0.5, 0.6) is 0 Å². The third kappa shape index (κ3) is 4.36. The first-order chi connectivity index (χ1) is 7.90. The third-order valence-corrected chi connectivity index (χ3v) is 3.69. The molecule has 1 aliphatic carbocycles. The molecule has 98 valence electrons. The minimum Gasteiger partial charge on any atom is -0.468 e. The van der Waals surface area contributed by atoms with Gasteiger partial charge in [-0.15, -0.1) is 12.4 Å². The van der Waals surface area contributed by atoms with Crippen molar-refractivity contribution >= 4 is 12.4 Å². The number of hydrogen-bond acceptors (Lipinski definition) is 2.